The summed E-state index contributed by atoms with van der Waals surface area (Å²) in [5.41, 5.74) is 3.30. The highest BCUT2D eigenvalue weighted by Crippen LogP contribution is 2.44. The lowest BCUT2D eigenvalue weighted by molar-refractivity contribution is -0.149. The topological polar surface area (TPSA) is 66.8 Å². The van der Waals surface area contributed by atoms with Crippen LogP contribution in [-0.4, -0.2) is 41.3 Å². The first kappa shape index (κ1) is 20.9. The number of fused-ring (bicyclic) bond motifs is 3. The molecule has 1 amide bonds. The standard InChI is InChI=1S/C24H29NO4/c1-4-5-10-15-24(2,22(26)27)25(3)23(28)29-16-21-19-13-8-6-11-17(19)18-12-7-9-14-20(18)21/h6-9,11-14,21H,4-5,10,15-16H2,1-3H3,(H,26,27). The van der Waals surface area contributed by atoms with Crippen LogP contribution < -0.4 is 0 Å². The van der Waals surface area contributed by atoms with Crippen molar-refractivity contribution in [3.05, 3.63) is 59.7 Å². The van der Waals surface area contributed by atoms with E-state index in [1.54, 1.807) is 6.92 Å². The van der Waals surface area contributed by atoms with Crippen molar-refractivity contribution in [2.45, 2.75) is 51.0 Å². The third-order valence-corrected chi connectivity index (χ3v) is 6.08. The number of carbonyl (C=O) groups excluding carboxylic acids is 1. The number of amides is 1. The lowest BCUT2D eigenvalue weighted by Crippen LogP contribution is -2.53. The Hall–Kier alpha value is -2.82. The zero-order valence-corrected chi connectivity index (χ0v) is 17.4. The molecule has 29 heavy (non-hydrogen) atoms. The molecule has 1 N–H and O–H groups in total. The van der Waals surface area contributed by atoms with Gasteiger partial charge in [-0.1, -0.05) is 74.7 Å². The zero-order valence-electron chi connectivity index (χ0n) is 17.4. The Morgan fingerprint density at radius 2 is 1.59 bits per heavy atom. The quantitative estimate of drug-likeness (QED) is 0.617. The summed E-state index contributed by atoms with van der Waals surface area (Å²) in [6.45, 7) is 3.83. The number of rotatable bonds is 8. The Kier molecular flexibility index (Phi) is 6.26. The van der Waals surface area contributed by atoms with Gasteiger partial charge in [0.25, 0.3) is 0 Å². The largest absolute Gasteiger partial charge is 0.480 e. The summed E-state index contributed by atoms with van der Waals surface area (Å²) in [5.74, 6) is -1.06. The van der Waals surface area contributed by atoms with Crippen LogP contribution in [0.2, 0.25) is 0 Å². The van der Waals surface area contributed by atoms with Crippen LogP contribution in [0.25, 0.3) is 11.1 Å². The maximum absolute atomic E-state index is 12.7. The van der Waals surface area contributed by atoms with Crippen molar-refractivity contribution in [3.8, 4) is 11.1 Å². The summed E-state index contributed by atoms with van der Waals surface area (Å²) in [6, 6.07) is 16.3. The second-order valence-corrected chi connectivity index (χ2v) is 7.90. The van der Waals surface area contributed by atoms with Crippen LogP contribution in [0.15, 0.2) is 48.5 Å². The molecule has 1 atom stereocenters. The molecule has 5 heteroatoms. The van der Waals surface area contributed by atoms with Crippen LogP contribution in [0.1, 0.15) is 56.6 Å². The number of carboxylic acids is 1. The van der Waals surface area contributed by atoms with Gasteiger partial charge in [-0.05, 0) is 35.6 Å². The highest BCUT2D eigenvalue weighted by Gasteiger charge is 2.41. The molecule has 1 aliphatic rings. The number of hydrogen-bond acceptors (Lipinski definition) is 3. The fourth-order valence-electron chi connectivity index (χ4n) is 4.03. The van der Waals surface area contributed by atoms with Crippen LogP contribution in [0.4, 0.5) is 4.79 Å². The number of hydrogen-bond donors (Lipinski definition) is 1. The van der Waals surface area contributed by atoms with E-state index >= 15 is 0 Å². The van der Waals surface area contributed by atoms with Crippen LogP contribution in [-0.2, 0) is 9.53 Å². The maximum atomic E-state index is 12.7. The third kappa shape index (κ3) is 4.00. The van der Waals surface area contributed by atoms with Crippen molar-refractivity contribution in [1.29, 1.82) is 0 Å². The summed E-state index contributed by atoms with van der Waals surface area (Å²) in [7, 11) is 1.51. The number of carbonyl (C=O) groups is 2. The molecule has 0 heterocycles. The second kappa shape index (κ2) is 8.68. The number of nitrogens with zero attached hydrogens (tertiary/aromatic N) is 1. The van der Waals surface area contributed by atoms with Gasteiger partial charge in [0, 0.05) is 13.0 Å². The van der Waals surface area contributed by atoms with Crippen molar-refractivity contribution in [2.75, 3.05) is 13.7 Å². The Labute approximate surface area is 172 Å². The molecule has 0 bridgehead atoms. The maximum Gasteiger partial charge on any atom is 0.410 e. The molecular weight excluding hydrogens is 366 g/mol. The van der Waals surface area contributed by atoms with E-state index in [1.165, 1.54) is 11.9 Å². The van der Waals surface area contributed by atoms with E-state index in [1.807, 2.05) is 24.3 Å². The minimum absolute atomic E-state index is 0.0454. The molecule has 0 saturated carbocycles. The van der Waals surface area contributed by atoms with Gasteiger partial charge in [-0.2, -0.15) is 0 Å². The molecule has 0 aliphatic heterocycles. The predicted molar refractivity (Wildman–Crippen MR) is 113 cm³/mol. The second-order valence-electron chi connectivity index (χ2n) is 7.90. The Balaban J connectivity index is 1.74. The van der Waals surface area contributed by atoms with Gasteiger partial charge < -0.3 is 9.84 Å². The molecule has 2 aromatic carbocycles. The number of benzene rings is 2. The minimum atomic E-state index is -1.28. The van der Waals surface area contributed by atoms with Crippen molar-refractivity contribution in [1.82, 2.24) is 4.90 Å². The molecular formula is C24H29NO4. The van der Waals surface area contributed by atoms with E-state index in [9.17, 15) is 14.7 Å². The van der Waals surface area contributed by atoms with Gasteiger partial charge in [-0.3, -0.25) is 4.90 Å². The molecule has 1 aliphatic carbocycles. The van der Waals surface area contributed by atoms with Crippen molar-refractivity contribution < 1.29 is 19.4 Å². The lowest BCUT2D eigenvalue weighted by Gasteiger charge is -2.34. The van der Waals surface area contributed by atoms with Gasteiger partial charge in [0.1, 0.15) is 12.1 Å². The number of carboxylic acid groups (broad SMARTS) is 1. The SMILES string of the molecule is CCCCCC(C)(C(=O)O)N(C)C(=O)OCC1c2ccccc2-c2ccccc21. The summed E-state index contributed by atoms with van der Waals surface area (Å²) >= 11 is 0. The van der Waals surface area contributed by atoms with E-state index in [0.29, 0.717) is 6.42 Å². The molecule has 0 saturated heterocycles. The van der Waals surface area contributed by atoms with Gasteiger partial charge in [0.15, 0.2) is 0 Å². The minimum Gasteiger partial charge on any atom is -0.480 e. The number of aliphatic carboxylic acids is 1. The van der Waals surface area contributed by atoms with Gasteiger partial charge in [0.05, 0.1) is 0 Å². The average molecular weight is 395 g/mol. The molecule has 3 rings (SSSR count). The van der Waals surface area contributed by atoms with Gasteiger partial charge in [-0.25, -0.2) is 9.59 Å². The zero-order chi connectivity index (χ0) is 21.0. The van der Waals surface area contributed by atoms with Crippen LogP contribution >= 0.6 is 0 Å². The van der Waals surface area contributed by atoms with E-state index in [-0.39, 0.29) is 12.5 Å². The van der Waals surface area contributed by atoms with Crippen molar-refractivity contribution in [3.63, 3.8) is 0 Å². The van der Waals surface area contributed by atoms with E-state index in [4.69, 9.17) is 4.74 Å². The fraction of sp³-hybridized carbons (Fsp3) is 0.417. The molecule has 1 unspecified atom stereocenters. The monoisotopic (exact) mass is 395 g/mol. The van der Waals surface area contributed by atoms with Crippen LogP contribution in [0.5, 0.6) is 0 Å². The highest BCUT2D eigenvalue weighted by molar-refractivity contribution is 5.84. The molecule has 0 radical (unpaired) electrons. The van der Waals surface area contributed by atoms with Crippen molar-refractivity contribution in [2.24, 2.45) is 0 Å². The molecule has 2 aromatic rings. The average Bonchev–Trinajstić information content (AvgIpc) is 3.05. The summed E-state index contributed by atoms with van der Waals surface area (Å²) in [4.78, 5) is 25.9. The Morgan fingerprint density at radius 1 is 1.03 bits per heavy atom. The molecule has 0 spiro atoms. The van der Waals surface area contributed by atoms with E-state index in [0.717, 1.165) is 41.5 Å². The van der Waals surface area contributed by atoms with Crippen LogP contribution in [0, 0.1) is 0 Å². The number of unbranched alkanes of at least 4 members (excludes halogenated alkanes) is 2. The van der Waals surface area contributed by atoms with Crippen molar-refractivity contribution >= 4 is 12.1 Å². The molecule has 0 fully saturated rings. The summed E-state index contributed by atoms with van der Waals surface area (Å²) in [6.07, 6.45) is 2.47. The first-order valence-electron chi connectivity index (χ1n) is 10.2. The third-order valence-electron chi connectivity index (χ3n) is 6.08. The normalized spacial score (nSPS) is 14.6. The van der Waals surface area contributed by atoms with Gasteiger partial charge in [-0.15, -0.1) is 0 Å². The Morgan fingerprint density at radius 3 is 2.10 bits per heavy atom. The number of likely N-dealkylation sites (N-methyl/N-ethyl adjacent to an activating group) is 1. The lowest BCUT2D eigenvalue weighted by atomic mass is 9.93. The molecule has 0 aromatic heterocycles. The van der Waals surface area contributed by atoms with Gasteiger partial charge >= 0.3 is 12.1 Å². The highest BCUT2D eigenvalue weighted by atomic mass is 16.6. The summed E-state index contributed by atoms with van der Waals surface area (Å²) < 4.78 is 5.63. The predicted octanol–water partition coefficient (Wildman–Crippen LogP) is 5.29. The first-order chi connectivity index (χ1) is 13.9. The van der Waals surface area contributed by atoms with E-state index in [2.05, 4.69) is 31.2 Å². The molecule has 5 nitrogen and oxygen atoms in total. The number of ether oxygens (including phenoxy) is 1. The fourth-order valence-corrected chi connectivity index (χ4v) is 4.03. The first-order valence-corrected chi connectivity index (χ1v) is 10.2. The smallest absolute Gasteiger partial charge is 0.410 e. The van der Waals surface area contributed by atoms with E-state index < -0.39 is 17.6 Å². The summed E-state index contributed by atoms with van der Waals surface area (Å²) in [5, 5.41) is 9.74. The van der Waals surface area contributed by atoms with Crippen LogP contribution in [0.3, 0.4) is 0 Å². The molecule has 154 valence electrons. The van der Waals surface area contributed by atoms with Gasteiger partial charge in [0.2, 0.25) is 0 Å². The Bertz CT molecular complexity index is 848.